The van der Waals surface area contributed by atoms with Gasteiger partial charge in [-0.2, -0.15) is 5.26 Å². The number of nitrogens with zero attached hydrogens (tertiary/aromatic N) is 1. The molecule has 0 aromatic heterocycles. The lowest BCUT2D eigenvalue weighted by Crippen LogP contribution is -2.40. The summed E-state index contributed by atoms with van der Waals surface area (Å²) < 4.78 is 5.27. The summed E-state index contributed by atoms with van der Waals surface area (Å²) in [6.45, 7) is 4.24. The molecule has 0 radical (unpaired) electrons. The minimum absolute atomic E-state index is 0.181. The van der Waals surface area contributed by atoms with Crippen LogP contribution in [0.4, 0.5) is 0 Å². The fourth-order valence-electron chi connectivity index (χ4n) is 2.17. The second kappa shape index (κ2) is 7.54. The van der Waals surface area contributed by atoms with E-state index in [1.165, 1.54) is 0 Å². The molecule has 0 saturated heterocycles. The third-order valence-corrected chi connectivity index (χ3v) is 3.73. The Morgan fingerprint density at radius 2 is 2.00 bits per heavy atom. The van der Waals surface area contributed by atoms with Gasteiger partial charge < -0.3 is 10.1 Å². The maximum absolute atomic E-state index is 12.1. The second-order valence-corrected chi connectivity index (χ2v) is 4.72. The maximum Gasteiger partial charge on any atom is 0.240 e. The zero-order chi connectivity index (χ0) is 15.0. The molecule has 1 N–H and O–H groups in total. The molecule has 0 unspecified atom stereocenters. The summed E-state index contributed by atoms with van der Waals surface area (Å²) >= 11 is 0. The molecule has 108 valence electrons. The Kier molecular flexibility index (Phi) is 6.05. The number of methoxy groups -OCH3 is 1. The first-order valence-corrected chi connectivity index (χ1v) is 6.95. The number of carbonyl (C=O) groups excluding carboxylic acids is 1. The van der Waals surface area contributed by atoms with Crippen LogP contribution >= 0.6 is 0 Å². The van der Waals surface area contributed by atoms with Gasteiger partial charge in [0.1, 0.15) is 11.2 Å². The highest BCUT2D eigenvalue weighted by atomic mass is 16.5. The molecule has 0 saturated carbocycles. The zero-order valence-corrected chi connectivity index (χ0v) is 12.4. The molecule has 1 rings (SSSR count). The number of hydrogen-bond donors (Lipinski definition) is 1. The van der Waals surface area contributed by atoms with Crippen LogP contribution in [0.5, 0.6) is 5.75 Å². The van der Waals surface area contributed by atoms with Gasteiger partial charge in [-0.3, -0.25) is 4.79 Å². The number of nitrogens with one attached hydrogen (secondary N) is 1. The summed E-state index contributed by atoms with van der Waals surface area (Å²) in [4.78, 5) is 12.1. The van der Waals surface area contributed by atoms with Crippen LogP contribution in [0.15, 0.2) is 24.3 Å². The van der Waals surface area contributed by atoms with E-state index in [-0.39, 0.29) is 5.91 Å². The van der Waals surface area contributed by atoms with Gasteiger partial charge in [0.15, 0.2) is 0 Å². The topological polar surface area (TPSA) is 62.1 Å². The van der Waals surface area contributed by atoms with Gasteiger partial charge in [0, 0.05) is 6.54 Å². The number of carbonyl (C=O) groups is 1. The van der Waals surface area contributed by atoms with Crippen LogP contribution in [0.1, 0.15) is 32.3 Å². The first-order chi connectivity index (χ1) is 9.63. The quantitative estimate of drug-likeness (QED) is 0.831. The van der Waals surface area contributed by atoms with E-state index in [0.29, 0.717) is 25.8 Å². The number of amides is 1. The molecule has 1 aromatic rings. The molecule has 0 atom stereocenters. The Morgan fingerprint density at radius 3 is 2.55 bits per heavy atom. The van der Waals surface area contributed by atoms with Gasteiger partial charge in [-0.1, -0.05) is 32.0 Å². The molecule has 4 nitrogen and oxygen atoms in total. The highest BCUT2D eigenvalue weighted by molar-refractivity contribution is 5.85. The molecule has 1 aromatic carbocycles. The van der Waals surface area contributed by atoms with Crippen molar-refractivity contribution in [2.75, 3.05) is 13.7 Å². The number of ether oxygens (including phenoxy) is 1. The molecular formula is C16H22N2O2. The Labute approximate surface area is 120 Å². The van der Waals surface area contributed by atoms with Crippen molar-refractivity contribution in [1.29, 1.82) is 5.26 Å². The Hall–Kier alpha value is -2.02. The van der Waals surface area contributed by atoms with Crippen molar-refractivity contribution < 1.29 is 9.53 Å². The minimum atomic E-state index is -0.902. The Bertz CT molecular complexity index is 487. The summed E-state index contributed by atoms with van der Waals surface area (Å²) in [6, 6.07) is 9.88. The lowest BCUT2D eigenvalue weighted by molar-refractivity contribution is -0.128. The summed E-state index contributed by atoms with van der Waals surface area (Å²) in [5.74, 6) is 0.638. The fraction of sp³-hybridized carbons (Fsp3) is 0.500. The van der Waals surface area contributed by atoms with Crippen LogP contribution in [-0.4, -0.2) is 19.6 Å². The van der Waals surface area contributed by atoms with Gasteiger partial charge in [-0.25, -0.2) is 0 Å². The number of nitriles is 1. The van der Waals surface area contributed by atoms with E-state index < -0.39 is 5.41 Å². The smallest absolute Gasteiger partial charge is 0.240 e. The summed E-state index contributed by atoms with van der Waals surface area (Å²) in [5, 5.41) is 12.1. The molecule has 0 spiro atoms. The number of rotatable bonds is 7. The predicted molar refractivity (Wildman–Crippen MR) is 78.3 cm³/mol. The average molecular weight is 274 g/mol. The van der Waals surface area contributed by atoms with E-state index in [9.17, 15) is 10.1 Å². The van der Waals surface area contributed by atoms with Gasteiger partial charge in [-0.05, 0) is 30.9 Å². The molecule has 0 heterocycles. The van der Waals surface area contributed by atoms with Crippen LogP contribution in [0.2, 0.25) is 0 Å². The van der Waals surface area contributed by atoms with Crippen molar-refractivity contribution in [3.8, 4) is 11.8 Å². The fourth-order valence-corrected chi connectivity index (χ4v) is 2.17. The minimum Gasteiger partial charge on any atom is -0.496 e. The SMILES string of the molecule is CCC(C#N)(CC)C(=O)NCCc1ccccc1OC. The van der Waals surface area contributed by atoms with Gasteiger partial charge in [0.25, 0.3) is 0 Å². The highest BCUT2D eigenvalue weighted by Crippen LogP contribution is 2.25. The third-order valence-electron chi connectivity index (χ3n) is 3.73. The molecule has 0 fully saturated rings. The van der Waals surface area contributed by atoms with E-state index in [1.807, 2.05) is 38.1 Å². The van der Waals surface area contributed by atoms with Gasteiger partial charge in [-0.15, -0.1) is 0 Å². The van der Waals surface area contributed by atoms with Crippen LogP contribution in [0.25, 0.3) is 0 Å². The Morgan fingerprint density at radius 1 is 1.35 bits per heavy atom. The predicted octanol–water partition coefficient (Wildman–Crippen LogP) is 2.68. The van der Waals surface area contributed by atoms with Crippen LogP contribution in [-0.2, 0) is 11.2 Å². The molecule has 0 aliphatic heterocycles. The first-order valence-electron chi connectivity index (χ1n) is 6.95. The molecule has 4 heteroatoms. The van der Waals surface area contributed by atoms with E-state index in [0.717, 1.165) is 11.3 Å². The van der Waals surface area contributed by atoms with Gasteiger partial charge in [0.2, 0.25) is 5.91 Å². The molecule has 20 heavy (non-hydrogen) atoms. The zero-order valence-electron chi connectivity index (χ0n) is 12.4. The lowest BCUT2D eigenvalue weighted by atomic mass is 9.83. The molecule has 0 bridgehead atoms. The van der Waals surface area contributed by atoms with Crippen LogP contribution in [0.3, 0.4) is 0 Å². The molecule has 0 aliphatic carbocycles. The number of hydrogen-bond acceptors (Lipinski definition) is 3. The highest BCUT2D eigenvalue weighted by Gasteiger charge is 2.34. The first kappa shape index (κ1) is 16.0. The van der Waals surface area contributed by atoms with E-state index in [2.05, 4.69) is 11.4 Å². The average Bonchev–Trinajstić information content (AvgIpc) is 2.50. The monoisotopic (exact) mass is 274 g/mol. The second-order valence-electron chi connectivity index (χ2n) is 4.72. The van der Waals surface area contributed by atoms with Gasteiger partial charge >= 0.3 is 0 Å². The summed E-state index contributed by atoms with van der Waals surface area (Å²) in [6.07, 6.45) is 1.74. The van der Waals surface area contributed by atoms with Crippen LogP contribution < -0.4 is 10.1 Å². The van der Waals surface area contributed by atoms with Gasteiger partial charge in [0.05, 0.1) is 13.2 Å². The van der Waals surface area contributed by atoms with Crippen molar-refractivity contribution in [2.24, 2.45) is 5.41 Å². The third kappa shape index (κ3) is 3.51. The summed E-state index contributed by atoms with van der Waals surface area (Å²) in [5.41, 5.74) is 0.145. The van der Waals surface area contributed by atoms with E-state index >= 15 is 0 Å². The summed E-state index contributed by atoms with van der Waals surface area (Å²) in [7, 11) is 1.63. The molecular weight excluding hydrogens is 252 g/mol. The normalized spacial score (nSPS) is 10.7. The van der Waals surface area contributed by atoms with Crippen LogP contribution in [0, 0.1) is 16.7 Å². The Balaban J connectivity index is 2.60. The van der Waals surface area contributed by atoms with E-state index in [1.54, 1.807) is 7.11 Å². The van der Waals surface area contributed by atoms with Crippen molar-refractivity contribution >= 4 is 5.91 Å². The maximum atomic E-state index is 12.1. The lowest BCUT2D eigenvalue weighted by Gasteiger charge is -2.22. The van der Waals surface area contributed by atoms with Crippen molar-refractivity contribution in [2.45, 2.75) is 33.1 Å². The van der Waals surface area contributed by atoms with Crippen molar-refractivity contribution in [3.05, 3.63) is 29.8 Å². The molecule has 1 amide bonds. The standard InChI is InChI=1S/C16H22N2O2/c1-4-16(5-2,12-17)15(19)18-11-10-13-8-6-7-9-14(13)20-3/h6-9H,4-5,10-11H2,1-3H3,(H,18,19). The van der Waals surface area contributed by atoms with E-state index in [4.69, 9.17) is 4.74 Å². The van der Waals surface area contributed by atoms with Crippen molar-refractivity contribution in [3.63, 3.8) is 0 Å². The number of para-hydroxylation sites is 1. The number of benzene rings is 1. The van der Waals surface area contributed by atoms with Crippen molar-refractivity contribution in [1.82, 2.24) is 5.32 Å². The molecule has 0 aliphatic rings. The largest absolute Gasteiger partial charge is 0.496 e.